The monoisotopic (exact) mass is 875 g/mol. The minimum atomic E-state index is -0.537. The van der Waals surface area contributed by atoms with E-state index in [4.69, 9.17) is 0 Å². The minimum absolute atomic E-state index is 0.0110. The Morgan fingerprint density at radius 2 is 0.809 bits per heavy atom. The molecule has 10 aromatic carbocycles. The van der Waals surface area contributed by atoms with Gasteiger partial charge in [0.2, 0.25) is 0 Å². The van der Waals surface area contributed by atoms with E-state index in [1.807, 2.05) is 0 Å². The lowest BCUT2D eigenvalue weighted by molar-refractivity contribution is 0.569. The third-order valence-electron chi connectivity index (χ3n) is 14.2. The number of fused-ring (bicyclic) bond motifs is 4. The van der Waals surface area contributed by atoms with Crippen LogP contribution in [0.2, 0.25) is 0 Å². The Bertz CT molecular complexity index is 3370. The molecule has 0 saturated heterocycles. The SMILES string of the molecule is CC(C)(C)c1cc(-c2cccc3cccc(-c4ccccc4N(c4ccc(-c5ccccc5)cc4)c4cccc(C5(c6ccccc6)c6ccccc6-c6ccccc65)c4)c23)cc(C(C)(C)C)c1. The van der Waals surface area contributed by atoms with Gasteiger partial charge in [-0.05, 0) is 124 Å². The van der Waals surface area contributed by atoms with Crippen LogP contribution in [0.1, 0.15) is 74.9 Å². The summed E-state index contributed by atoms with van der Waals surface area (Å²) in [6.07, 6.45) is 0. The predicted octanol–water partition coefficient (Wildman–Crippen LogP) is 18.3. The number of benzene rings is 10. The van der Waals surface area contributed by atoms with Crippen molar-refractivity contribution in [2.24, 2.45) is 0 Å². The molecule has 0 aliphatic heterocycles. The number of nitrogens with zero attached hydrogens (tertiary/aromatic N) is 1. The first-order valence-electron chi connectivity index (χ1n) is 24.1. The second kappa shape index (κ2) is 16.8. The average Bonchev–Trinajstić information content (AvgIpc) is 3.67. The topological polar surface area (TPSA) is 3.24 Å². The predicted molar refractivity (Wildman–Crippen MR) is 290 cm³/mol. The molecule has 0 saturated carbocycles. The molecular formula is C67H57N. The van der Waals surface area contributed by atoms with Crippen molar-refractivity contribution in [1.29, 1.82) is 0 Å². The normalized spacial score (nSPS) is 13.0. The molecule has 0 aromatic heterocycles. The number of hydrogen-bond donors (Lipinski definition) is 0. The molecule has 0 amide bonds. The molecule has 1 heteroatoms. The van der Waals surface area contributed by atoms with Crippen LogP contribution >= 0.6 is 0 Å². The first-order valence-corrected chi connectivity index (χ1v) is 24.1. The Balaban J connectivity index is 1.16. The lowest BCUT2D eigenvalue weighted by atomic mass is 9.67. The molecule has 330 valence electrons. The van der Waals surface area contributed by atoms with Gasteiger partial charge in [-0.25, -0.2) is 0 Å². The highest BCUT2D eigenvalue weighted by atomic mass is 15.1. The minimum Gasteiger partial charge on any atom is -0.310 e. The number of rotatable bonds is 8. The molecule has 0 radical (unpaired) electrons. The fourth-order valence-corrected chi connectivity index (χ4v) is 10.8. The molecule has 11 rings (SSSR count). The van der Waals surface area contributed by atoms with Gasteiger partial charge in [0.05, 0.1) is 11.1 Å². The maximum atomic E-state index is 2.48. The largest absolute Gasteiger partial charge is 0.310 e. The molecule has 10 aromatic rings. The van der Waals surface area contributed by atoms with E-state index in [0.29, 0.717) is 0 Å². The van der Waals surface area contributed by atoms with Crippen molar-refractivity contribution in [2.75, 3.05) is 4.90 Å². The number of para-hydroxylation sites is 1. The van der Waals surface area contributed by atoms with Crippen LogP contribution in [0.15, 0.2) is 237 Å². The Morgan fingerprint density at radius 3 is 1.43 bits per heavy atom. The maximum Gasteiger partial charge on any atom is 0.0714 e. The van der Waals surface area contributed by atoms with Crippen LogP contribution in [0.5, 0.6) is 0 Å². The van der Waals surface area contributed by atoms with Gasteiger partial charge in [0.15, 0.2) is 0 Å². The summed E-state index contributed by atoms with van der Waals surface area (Å²) in [5.74, 6) is 0. The smallest absolute Gasteiger partial charge is 0.0714 e. The molecule has 0 fully saturated rings. The summed E-state index contributed by atoms with van der Waals surface area (Å²) < 4.78 is 0. The van der Waals surface area contributed by atoms with Crippen molar-refractivity contribution in [1.82, 2.24) is 0 Å². The van der Waals surface area contributed by atoms with Gasteiger partial charge >= 0.3 is 0 Å². The van der Waals surface area contributed by atoms with Gasteiger partial charge < -0.3 is 4.90 Å². The zero-order valence-electron chi connectivity index (χ0n) is 40.0. The van der Waals surface area contributed by atoms with Gasteiger partial charge in [-0.3, -0.25) is 0 Å². The molecule has 0 heterocycles. The summed E-state index contributed by atoms with van der Waals surface area (Å²) in [6.45, 7) is 13.9. The summed E-state index contributed by atoms with van der Waals surface area (Å²) in [5.41, 5.74) is 20.3. The highest BCUT2D eigenvalue weighted by Gasteiger charge is 2.46. The maximum absolute atomic E-state index is 2.48. The van der Waals surface area contributed by atoms with Crippen molar-refractivity contribution >= 4 is 27.8 Å². The third kappa shape index (κ3) is 7.35. The quantitative estimate of drug-likeness (QED) is 0.147. The standard InChI is InChI=1S/C67H57N/c1-65(2,3)52-42-49(43-53(44-52)66(4,5)6)56-33-19-24-48-25-20-34-60(64(48)56)59-32-15-18-37-63(59)68(54-40-38-47(39-41-54)46-22-9-7-10-23-46)55-29-21-28-51(45-55)67(50-26-11-8-12-27-50)61-35-16-13-30-57(61)58-31-14-17-36-62(58)67/h7-45H,1-6H3. The van der Waals surface area contributed by atoms with E-state index >= 15 is 0 Å². The molecule has 0 bridgehead atoms. The summed E-state index contributed by atoms with van der Waals surface area (Å²) >= 11 is 0. The summed E-state index contributed by atoms with van der Waals surface area (Å²) in [7, 11) is 0. The second-order valence-electron chi connectivity index (χ2n) is 20.5. The molecule has 1 aliphatic carbocycles. The van der Waals surface area contributed by atoms with Gasteiger partial charge in [-0.2, -0.15) is 0 Å². The van der Waals surface area contributed by atoms with E-state index in [-0.39, 0.29) is 10.8 Å². The number of anilines is 3. The van der Waals surface area contributed by atoms with Crippen molar-refractivity contribution in [3.8, 4) is 44.5 Å². The van der Waals surface area contributed by atoms with Gasteiger partial charge in [-0.15, -0.1) is 0 Å². The number of hydrogen-bond acceptors (Lipinski definition) is 1. The van der Waals surface area contributed by atoms with Crippen LogP contribution in [0.3, 0.4) is 0 Å². The van der Waals surface area contributed by atoms with Crippen molar-refractivity contribution in [2.45, 2.75) is 57.8 Å². The van der Waals surface area contributed by atoms with Gasteiger partial charge in [-0.1, -0.05) is 248 Å². The highest BCUT2D eigenvalue weighted by molar-refractivity contribution is 6.09. The average molecular weight is 876 g/mol. The van der Waals surface area contributed by atoms with Crippen molar-refractivity contribution in [3.05, 3.63) is 270 Å². The lowest BCUT2D eigenvalue weighted by Crippen LogP contribution is -2.28. The Hall–Kier alpha value is -7.74. The molecule has 68 heavy (non-hydrogen) atoms. The van der Waals surface area contributed by atoms with Crippen molar-refractivity contribution in [3.63, 3.8) is 0 Å². The van der Waals surface area contributed by atoms with Crippen LogP contribution < -0.4 is 4.90 Å². The van der Waals surface area contributed by atoms with E-state index in [0.717, 1.165) is 17.1 Å². The van der Waals surface area contributed by atoms with E-state index in [1.54, 1.807) is 0 Å². The van der Waals surface area contributed by atoms with E-state index in [1.165, 1.54) is 88.7 Å². The molecule has 0 unspecified atom stereocenters. The second-order valence-corrected chi connectivity index (χ2v) is 20.5. The first kappa shape index (κ1) is 42.9. The zero-order valence-corrected chi connectivity index (χ0v) is 40.0. The molecule has 0 atom stereocenters. The fourth-order valence-electron chi connectivity index (χ4n) is 10.8. The summed E-state index contributed by atoms with van der Waals surface area (Å²) in [5, 5.41) is 2.47. The van der Waals surface area contributed by atoms with Gasteiger partial charge in [0.1, 0.15) is 0 Å². The Morgan fingerprint density at radius 1 is 0.324 bits per heavy atom. The van der Waals surface area contributed by atoms with Crippen LogP contribution in [0.4, 0.5) is 17.1 Å². The third-order valence-corrected chi connectivity index (χ3v) is 14.2. The fraction of sp³-hybridized carbons (Fsp3) is 0.134. The van der Waals surface area contributed by atoms with Crippen LogP contribution in [-0.4, -0.2) is 0 Å². The zero-order chi connectivity index (χ0) is 46.6. The Labute approximate surface area is 403 Å². The lowest BCUT2D eigenvalue weighted by Gasteiger charge is -2.35. The summed E-state index contributed by atoms with van der Waals surface area (Å²) in [6, 6.07) is 88.2. The highest BCUT2D eigenvalue weighted by Crippen LogP contribution is 2.57. The summed E-state index contributed by atoms with van der Waals surface area (Å²) in [4.78, 5) is 2.48. The Kier molecular flexibility index (Phi) is 10.6. The van der Waals surface area contributed by atoms with Crippen LogP contribution in [-0.2, 0) is 16.2 Å². The molecular weight excluding hydrogens is 819 g/mol. The van der Waals surface area contributed by atoms with Gasteiger partial charge in [0, 0.05) is 16.9 Å². The molecule has 0 N–H and O–H groups in total. The van der Waals surface area contributed by atoms with Crippen LogP contribution in [0, 0.1) is 0 Å². The van der Waals surface area contributed by atoms with Crippen LogP contribution in [0.25, 0.3) is 55.3 Å². The van der Waals surface area contributed by atoms with Crippen molar-refractivity contribution < 1.29 is 0 Å². The first-order chi connectivity index (χ1) is 33.0. The molecule has 1 nitrogen and oxygen atoms in total. The van der Waals surface area contributed by atoms with E-state index < -0.39 is 5.41 Å². The van der Waals surface area contributed by atoms with Gasteiger partial charge in [0.25, 0.3) is 0 Å². The van der Waals surface area contributed by atoms with E-state index in [2.05, 4.69) is 283 Å². The molecule has 0 spiro atoms. The molecule has 1 aliphatic rings. The van der Waals surface area contributed by atoms with E-state index in [9.17, 15) is 0 Å².